The minimum atomic E-state index is -0.133. The number of aryl methyl sites for hydroxylation is 2. The molecule has 27 heavy (non-hydrogen) atoms. The minimum absolute atomic E-state index is 0.0990. The summed E-state index contributed by atoms with van der Waals surface area (Å²) in [6, 6.07) is 8.26. The maximum Gasteiger partial charge on any atom is 0.226 e. The highest BCUT2D eigenvalue weighted by molar-refractivity contribution is 5.80. The van der Waals surface area contributed by atoms with Crippen molar-refractivity contribution in [1.82, 2.24) is 14.7 Å². The number of carbonyl (C=O) groups excluding carboxylic acids is 1. The Morgan fingerprint density at radius 1 is 1.15 bits per heavy atom. The summed E-state index contributed by atoms with van der Waals surface area (Å²) in [6.45, 7) is 2.68. The van der Waals surface area contributed by atoms with Crippen molar-refractivity contribution < 1.29 is 9.18 Å². The fraction of sp³-hybridized carbons (Fsp3) is 0.545. The van der Waals surface area contributed by atoms with Crippen LogP contribution in [-0.4, -0.2) is 32.7 Å². The van der Waals surface area contributed by atoms with Crippen molar-refractivity contribution in [3.05, 3.63) is 53.1 Å². The van der Waals surface area contributed by atoms with Crippen LogP contribution in [0, 0.1) is 18.7 Å². The van der Waals surface area contributed by atoms with Gasteiger partial charge < -0.3 is 4.90 Å². The molecule has 142 valence electrons. The highest BCUT2D eigenvalue weighted by Gasteiger charge is 2.45. The summed E-state index contributed by atoms with van der Waals surface area (Å²) < 4.78 is 15.7. The first kappa shape index (κ1) is 17.0. The third kappa shape index (κ3) is 2.88. The van der Waals surface area contributed by atoms with Crippen LogP contribution in [0.25, 0.3) is 0 Å². The van der Waals surface area contributed by atoms with Gasteiger partial charge in [0.25, 0.3) is 0 Å². The number of halogens is 1. The first-order valence-corrected chi connectivity index (χ1v) is 10.2. The number of amides is 1. The summed E-state index contributed by atoms with van der Waals surface area (Å²) in [6.07, 6.45) is 7.78. The summed E-state index contributed by atoms with van der Waals surface area (Å²) in [7, 11) is 0. The summed E-state index contributed by atoms with van der Waals surface area (Å²) in [5, 5.41) is 4.33. The Kier molecular flexibility index (Phi) is 4.06. The fourth-order valence-electron chi connectivity index (χ4n) is 5.52. The Bertz CT molecular complexity index is 862. The Morgan fingerprint density at radius 3 is 2.67 bits per heavy atom. The van der Waals surface area contributed by atoms with E-state index in [2.05, 4.69) is 10.00 Å². The zero-order chi connectivity index (χ0) is 18.5. The number of hydrogen-bond acceptors (Lipinski definition) is 2. The maximum absolute atomic E-state index is 13.6. The second kappa shape index (κ2) is 6.47. The van der Waals surface area contributed by atoms with Crippen LogP contribution in [-0.2, 0) is 17.8 Å². The Balaban J connectivity index is 1.32. The van der Waals surface area contributed by atoms with Gasteiger partial charge in [0.2, 0.25) is 5.91 Å². The topological polar surface area (TPSA) is 38.1 Å². The van der Waals surface area contributed by atoms with Crippen LogP contribution in [0.3, 0.4) is 0 Å². The van der Waals surface area contributed by atoms with Crippen molar-refractivity contribution in [2.75, 3.05) is 0 Å². The smallest absolute Gasteiger partial charge is 0.226 e. The zero-order valence-corrected chi connectivity index (χ0v) is 15.8. The molecule has 2 bridgehead atoms. The lowest BCUT2D eigenvalue weighted by Crippen LogP contribution is -2.49. The van der Waals surface area contributed by atoms with E-state index in [1.165, 1.54) is 11.3 Å². The van der Waals surface area contributed by atoms with Crippen LogP contribution in [0.1, 0.15) is 54.8 Å². The van der Waals surface area contributed by atoms with E-state index in [1.54, 1.807) is 6.07 Å². The molecule has 2 aromatic rings. The molecule has 1 amide bonds. The van der Waals surface area contributed by atoms with Crippen LogP contribution in [0.15, 0.2) is 30.5 Å². The predicted octanol–water partition coefficient (Wildman–Crippen LogP) is 3.83. The first-order valence-electron chi connectivity index (χ1n) is 10.2. The Morgan fingerprint density at radius 2 is 1.93 bits per heavy atom. The van der Waals surface area contributed by atoms with Gasteiger partial charge in [-0.3, -0.25) is 9.48 Å². The normalized spacial score (nSPS) is 29.6. The van der Waals surface area contributed by atoms with Crippen molar-refractivity contribution in [2.45, 2.75) is 70.0 Å². The third-order valence-electron chi connectivity index (χ3n) is 6.94. The largest absolute Gasteiger partial charge is 0.336 e. The maximum atomic E-state index is 13.6. The standard InChI is InChI=1S/C22H26FN3O/c1-14-10-15(2-5-21(14)23)17-12-19-3-4-20(13-17)26(19)22(27)16-7-9-25-18(11-16)6-8-24-25/h2,5-6,8,10,16-17,19-20H,3-4,7,9,11-13H2,1H3/t16?,17?,19-,20+. The van der Waals surface area contributed by atoms with Gasteiger partial charge in [0, 0.05) is 42.9 Å². The molecule has 4 heterocycles. The third-order valence-corrected chi connectivity index (χ3v) is 6.94. The van der Waals surface area contributed by atoms with Gasteiger partial charge in [-0.15, -0.1) is 0 Å². The van der Waals surface area contributed by atoms with Gasteiger partial charge in [-0.05, 0) is 68.2 Å². The van der Waals surface area contributed by atoms with Gasteiger partial charge in [-0.1, -0.05) is 12.1 Å². The van der Waals surface area contributed by atoms with Gasteiger partial charge in [0.1, 0.15) is 5.82 Å². The van der Waals surface area contributed by atoms with Gasteiger partial charge in [-0.2, -0.15) is 5.10 Å². The lowest BCUT2D eigenvalue weighted by Gasteiger charge is -2.41. The minimum Gasteiger partial charge on any atom is -0.336 e. The van der Waals surface area contributed by atoms with Gasteiger partial charge in [0.15, 0.2) is 0 Å². The molecule has 3 aliphatic rings. The monoisotopic (exact) mass is 367 g/mol. The summed E-state index contributed by atoms with van der Waals surface area (Å²) in [5.74, 6) is 0.759. The molecule has 1 aromatic carbocycles. The molecule has 2 unspecified atom stereocenters. The summed E-state index contributed by atoms with van der Waals surface area (Å²) in [5.41, 5.74) is 3.14. The number of hydrogen-bond donors (Lipinski definition) is 0. The molecule has 0 radical (unpaired) electrons. The van der Waals surface area contributed by atoms with E-state index in [4.69, 9.17) is 0 Å². The van der Waals surface area contributed by atoms with Crippen LogP contribution in [0.2, 0.25) is 0 Å². The number of carbonyl (C=O) groups is 1. The molecule has 2 fully saturated rings. The van der Waals surface area contributed by atoms with Crippen LogP contribution in [0.4, 0.5) is 4.39 Å². The average molecular weight is 367 g/mol. The molecule has 0 spiro atoms. The molecule has 5 rings (SSSR count). The lowest BCUT2D eigenvalue weighted by molar-refractivity contribution is -0.141. The van der Waals surface area contributed by atoms with Gasteiger partial charge in [0.05, 0.1) is 0 Å². The second-order valence-corrected chi connectivity index (χ2v) is 8.54. The van der Waals surface area contributed by atoms with Crippen LogP contribution < -0.4 is 0 Å². The second-order valence-electron chi connectivity index (χ2n) is 8.54. The van der Waals surface area contributed by atoms with E-state index in [0.717, 1.165) is 50.6 Å². The molecule has 0 N–H and O–H groups in total. The molecule has 3 aliphatic heterocycles. The summed E-state index contributed by atoms with van der Waals surface area (Å²) in [4.78, 5) is 15.6. The van der Waals surface area contributed by atoms with E-state index >= 15 is 0 Å². The SMILES string of the molecule is Cc1cc(C2C[C@H]3CC[C@@H](C2)N3C(=O)C2CCn3nccc3C2)ccc1F. The molecule has 4 nitrogen and oxygen atoms in total. The van der Waals surface area contributed by atoms with E-state index in [-0.39, 0.29) is 11.7 Å². The fourth-order valence-corrected chi connectivity index (χ4v) is 5.52. The van der Waals surface area contributed by atoms with Gasteiger partial charge in [-0.25, -0.2) is 4.39 Å². The Hall–Kier alpha value is -2.17. The van der Waals surface area contributed by atoms with Crippen molar-refractivity contribution in [2.24, 2.45) is 5.92 Å². The molecular formula is C22H26FN3O. The van der Waals surface area contributed by atoms with Crippen LogP contribution in [0.5, 0.6) is 0 Å². The highest BCUT2D eigenvalue weighted by Crippen LogP contribution is 2.44. The molecule has 0 aliphatic carbocycles. The highest BCUT2D eigenvalue weighted by atomic mass is 19.1. The van der Waals surface area contributed by atoms with Crippen molar-refractivity contribution in [3.63, 3.8) is 0 Å². The number of benzene rings is 1. The number of rotatable bonds is 2. The number of fused-ring (bicyclic) bond motifs is 3. The molecule has 2 saturated heterocycles. The predicted molar refractivity (Wildman–Crippen MR) is 101 cm³/mol. The number of aromatic nitrogens is 2. The van der Waals surface area contributed by atoms with E-state index < -0.39 is 0 Å². The van der Waals surface area contributed by atoms with E-state index in [1.807, 2.05) is 36.0 Å². The molecule has 1 aromatic heterocycles. The quantitative estimate of drug-likeness (QED) is 0.809. The molecule has 5 heteroatoms. The summed E-state index contributed by atoms with van der Waals surface area (Å²) >= 11 is 0. The Labute approximate surface area is 159 Å². The van der Waals surface area contributed by atoms with Crippen molar-refractivity contribution in [1.29, 1.82) is 0 Å². The molecule has 0 saturated carbocycles. The first-order chi connectivity index (χ1) is 13.1. The number of piperidine rings is 1. The van der Waals surface area contributed by atoms with Crippen molar-refractivity contribution in [3.8, 4) is 0 Å². The van der Waals surface area contributed by atoms with Gasteiger partial charge >= 0.3 is 0 Å². The lowest BCUT2D eigenvalue weighted by atomic mass is 9.83. The number of nitrogens with zero attached hydrogens (tertiary/aromatic N) is 3. The van der Waals surface area contributed by atoms with E-state index in [0.29, 0.717) is 23.9 Å². The van der Waals surface area contributed by atoms with E-state index in [9.17, 15) is 9.18 Å². The molecule has 4 atom stereocenters. The zero-order valence-electron chi connectivity index (χ0n) is 15.8. The van der Waals surface area contributed by atoms with Crippen molar-refractivity contribution >= 4 is 5.91 Å². The molecular weight excluding hydrogens is 341 g/mol. The average Bonchev–Trinajstić information content (AvgIpc) is 3.24. The van der Waals surface area contributed by atoms with Crippen LogP contribution >= 0.6 is 0 Å².